The first kappa shape index (κ1) is 17.5. The molecule has 0 atom stereocenters. The highest BCUT2D eigenvalue weighted by Gasteiger charge is 2.15. The van der Waals surface area contributed by atoms with Crippen molar-refractivity contribution in [3.8, 4) is 11.5 Å². The lowest BCUT2D eigenvalue weighted by Gasteiger charge is -2.19. The lowest BCUT2D eigenvalue weighted by Crippen LogP contribution is -2.16. The Kier molecular flexibility index (Phi) is 5.30. The standard InChI is InChI=1S/C22H19NO3S/c24-22(23-17-10-11-19-20(14-17)26-13-12-25-19)18-8-4-5-9-21(18)27-15-16-6-2-1-3-7-16/h1-11,14H,12-13,15H2,(H,23,24). The Bertz CT molecular complexity index is 943. The largest absolute Gasteiger partial charge is 0.486 e. The molecule has 5 heteroatoms. The van der Waals surface area contributed by atoms with Crippen LogP contribution in [0.4, 0.5) is 5.69 Å². The molecule has 0 saturated carbocycles. The zero-order chi connectivity index (χ0) is 18.5. The highest BCUT2D eigenvalue weighted by Crippen LogP contribution is 2.33. The molecule has 4 nitrogen and oxygen atoms in total. The van der Waals surface area contributed by atoms with Crippen molar-refractivity contribution in [3.05, 3.63) is 83.9 Å². The molecule has 3 aromatic rings. The first-order valence-corrected chi connectivity index (χ1v) is 9.75. The predicted octanol–water partition coefficient (Wildman–Crippen LogP) is 5.00. The van der Waals surface area contributed by atoms with Crippen molar-refractivity contribution in [2.75, 3.05) is 18.5 Å². The average Bonchev–Trinajstić information content (AvgIpc) is 2.73. The van der Waals surface area contributed by atoms with Crippen LogP contribution in [0.2, 0.25) is 0 Å². The summed E-state index contributed by atoms with van der Waals surface area (Å²) in [5, 5.41) is 2.96. The van der Waals surface area contributed by atoms with E-state index < -0.39 is 0 Å². The first-order chi connectivity index (χ1) is 13.3. The highest BCUT2D eigenvalue weighted by molar-refractivity contribution is 7.98. The van der Waals surface area contributed by atoms with Crippen molar-refractivity contribution in [2.24, 2.45) is 0 Å². The van der Waals surface area contributed by atoms with Crippen molar-refractivity contribution >= 4 is 23.4 Å². The summed E-state index contributed by atoms with van der Waals surface area (Å²) in [5.74, 6) is 2.04. The van der Waals surface area contributed by atoms with Gasteiger partial charge in [-0.1, -0.05) is 42.5 Å². The molecule has 1 amide bonds. The minimum absolute atomic E-state index is 0.136. The lowest BCUT2D eigenvalue weighted by molar-refractivity contribution is 0.102. The molecule has 0 saturated heterocycles. The number of rotatable bonds is 5. The van der Waals surface area contributed by atoms with Gasteiger partial charge in [0.05, 0.1) is 5.56 Å². The van der Waals surface area contributed by atoms with Crippen LogP contribution in [0.15, 0.2) is 77.7 Å². The molecular weight excluding hydrogens is 358 g/mol. The van der Waals surface area contributed by atoms with E-state index in [9.17, 15) is 4.79 Å². The second kappa shape index (κ2) is 8.18. The molecule has 0 radical (unpaired) electrons. The molecule has 0 fully saturated rings. The van der Waals surface area contributed by atoms with E-state index in [-0.39, 0.29) is 5.91 Å². The highest BCUT2D eigenvalue weighted by atomic mass is 32.2. The lowest BCUT2D eigenvalue weighted by atomic mass is 10.2. The van der Waals surface area contributed by atoms with E-state index in [0.29, 0.717) is 36.0 Å². The number of ether oxygens (including phenoxy) is 2. The molecule has 0 aliphatic carbocycles. The van der Waals surface area contributed by atoms with Crippen LogP contribution < -0.4 is 14.8 Å². The Labute approximate surface area is 162 Å². The fourth-order valence-corrected chi connectivity index (χ4v) is 3.84. The van der Waals surface area contributed by atoms with E-state index >= 15 is 0 Å². The van der Waals surface area contributed by atoms with E-state index in [1.54, 1.807) is 17.8 Å². The van der Waals surface area contributed by atoms with E-state index in [1.807, 2.05) is 54.6 Å². The number of anilines is 1. The second-order valence-electron chi connectivity index (χ2n) is 6.08. The summed E-state index contributed by atoms with van der Waals surface area (Å²) < 4.78 is 11.1. The summed E-state index contributed by atoms with van der Waals surface area (Å²) >= 11 is 1.66. The third-order valence-corrected chi connectivity index (χ3v) is 5.31. The molecule has 1 N–H and O–H groups in total. The molecule has 4 rings (SSSR count). The number of fused-ring (bicyclic) bond motifs is 1. The Balaban J connectivity index is 1.49. The maximum Gasteiger partial charge on any atom is 0.256 e. The molecule has 0 spiro atoms. The van der Waals surface area contributed by atoms with Gasteiger partial charge in [-0.3, -0.25) is 4.79 Å². The van der Waals surface area contributed by atoms with Gasteiger partial charge in [-0.25, -0.2) is 0 Å². The van der Waals surface area contributed by atoms with Crippen LogP contribution in [0.25, 0.3) is 0 Å². The molecular formula is C22H19NO3S. The summed E-state index contributed by atoms with van der Waals surface area (Å²) in [6.45, 7) is 1.06. The van der Waals surface area contributed by atoms with E-state index in [2.05, 4.69) is 17.4 Å². The van der Waals surface area contributed by atoms with Gasteiger partial charge < -0.3 is 14.8 Å². The normalized spacial score (nSPS) is 12.4. The smallest absolute Gasteiger partial charge is 0.256 e. The van der Waals surface area contributed by atoms with Gasteiger partial charge in [0.25, 0.3) is 5.91 Å². The van der Waals surface area contributed by atoms with Crippen molar-refractivity contribution < 1.29 is 14.3 Å². The third-order valence-electron chi connectivity index (χ3n) is 4.17. The van der Waals surface area contributed by atoms with Crippen molar-refractivity contribution in [3.63, 3.8) is 0 Å². The number of nitrogens with one attached hydrogen (secondary N) is 1. The maximum absolute atomic E-state index is 12.8. The second-order valence-corrected chi connectivity index (χ2v) is 7.10. The third kappa shape index (κ3) is 4.26. The molecule has 136 valence electrons. The predicted molar refractivity (Wildman–Crippen MR) is 108 cm³/mol. The maximum atomic E-state index is 12.8. The number of hydrogen-bond acceptors (Lipinski definition) is 4. The number of amides is 1. The Morgan fingerprint density at radius 2 is 1.63 bits per heavy atom. The van der Waals surface area contributed by atoms with Crippen LogP contribution >= 0.6 is 11.8 Å². The van der Waals surface area contributed by atoms with Crippen LogP contribution in [-0.4, -0.2) is 19.1 Å². The van der Waals surface area contributed by atoms with Crippen molar-refractivity contribution in [1.29, 1.82) is 0 Å². The topological polar surface area (TPSA) is 47.6 Å². The summed E-state index contributed by atoms with van der Waals surface area (Å²) in [7, 11) is 0. The van der Waals surface area contributed by atoms with Crippen molar-refractivity contribution in [2.45, 2.75) is 10.6 Å². The minimum Gasteiger partial charge on any atom is -0.486 e. The van der Waals surface area contributed by atoms with Gasteiger partial charge in [0.2, 0.25) is 0 Å². The zero-order valence-electron chi connectivity index (χ0n) is 14.7. The van der Waals surface area contributed by atoms with Gasteiger partial charge in [0.1, 0.15) is 13.2 Å². The van der Waals surface area contributed by atoms with Crippen LogP contribution in [0.5, 0.6) is 11.5 Å². The Morgan fingerprint density at radius 1 is 0.889 bits per heavy atom. The number of thioether (sulfide) groups is 1. The molecule has 27 heavy (non-hydrogen) atoms. The van der Waals surface area contributed by atoms with E-state index in [4.69, 9.17) is 9.47 Å². The summed E-state index contributed by atoms with van der Waals surface area (Å²) in [5.41, 5.74) is 2.57. The van der Waals surface area contributed by atoms with Crippen LogP contribution in [0.1, 0.15) is 15.9 Å². The van der Waals surface area contributed by atoms with Crippen molar-refractivity contribution in [1.82, 2.24) is 0 Å². The number of carbonyl (C=O) groups excluding carboxylic acids is 1. The van der Waals surface area contributed by atoms with E-state index in [0.717, 1.165) is 10.6 Å². The quantitative estimate of drug-likeness (QED) is 0.636. The molecule has 1 heterocycles. The average molecular weight is 377 g/mol. The zero-order valence-corrected chi connectivity index (χ0v) is 15.5. The number of benzene rings is 3. The van der Waals surface area contributed by atoms with Crippen LogP contribution in [0.3, 0.4) is 0 Å². The fraction of sp³-hybridized carbons (Fsp3) is 0.136. The van der Waals surface area contributed by atoms with E-state index in [1.165, 1.54) is 5.56 Å². The van der Waals surface area contributed by atoms with Gasteiger partial charge in [0.15, 0.2) is 11.5 Å². The Hall–Kier alpha value is -2.92. The van der Waals surface area contributed by atoms with Gasteiger partial charge in [0, 0.05) is 22.4 Å². The number of carbonyl (C=O) groups is 1. The molecule has 3 aromatic carbocycles. The molecule has 1 aliphatic heterocycles. The Morgan fingerprint density at radius 3 is 2.48 bits per heavy atom. The summed E-state index contributed by atoms with van der Waals surface area (Å²) in [4.78, 5) is 13.8. The van der Waals surface area contributed by atoms with Gasteiger partial charge in [-0.15, -0.1) is 11.8 Å². The van der Waals surface area contributed by atoms with Crippen LogP contribution in [-0.2, 0) is 5.75 Å². The molecule has 0 aromatic heterocycles. The summed E-state index contributed by atoms with van der Waals surface area (Å²) in [6, 6.07) is 23.3. The SMILES string of the molecule is O=C(Nc1ccc2c(c1)OCCO2)c1ccccc1SCc1ccccc1. The van der Waals surface area contributed by atoms with Gasteiger partial charge in [-0.05, 0) is 29.8 Å². The van der Waals surface area contributed by atoms with Gasteiger partial charge >= 0.3 is 0 Å². The minimum atomic E-state index is -0.136. The van der Waals surface area contributed by atoms with Gasteiger partial charge in [-0.2, -0.15) is 0 Å². The molecule has 1 aliphatic rings. The molecule has 0 unspecified atom stereocenters. The first-order valence-electron chi connectivity index (χ1n) is 8.76. The van der Waals surface area contributed by atoms with Crippen LogP contribution in [0, 0.1) is 0 Å². The fourth-order valence-electron chi connectivity index (χ4n) is 2.83. The monoisotopic (exact) mass is 377 g/mol. The number of hydrogen-bond donors (Lipinski definition) is 1. The molecule has 0 bridgehead atoms. The summed E-state index contributed by atoms with van der Waals surface area (Å²) in [6.07, 6.45) is 0.